The van der Waals surface area contributed by atoms with Crippen LogP contribution in [0.1, 0.15) is 126 Å². The van der Waals surface area contributed by atoms with Crippen molar-refractivity contribution in [2.24, 2.45) is 35.5 Å². The van der Waals surface area contributed by atoms with E-state index in [-0.39, 0.29) is 0 Å². The summed E-state index contributed by atoms with van der Waals surface area (Å²) in [6.07, 6.45) is 19.0. The van der Waals surface area contributed by atoms with Crippen molar-refractivity contribution in [1.82, 2.24) is 0 Å². The van der Waals surface area contributed by atoms with Gasteiger partial charge in [0.05, 0.1) is 0 Å². The molecule has 0 spiro atoms. The van der Waals surface area contributed by atoms with Crippen LogP contribution in [-0.2, 0) is 38.1 Å². The Kier molecular flexibility index (Phi) is 13.5. The van der Waals surface area contributed by atoms with Crippen molar-refractivity contribution >= 4 is 48.1 Å². The summed E-state index contributed by atoms with van der Waals surface area (Å²) in [7, 11) is 11.0. The number of aryl methyl sites for hydroxylation is 1. The zero-order valence-corrected chi connectivity index (χ0v) is 42.4. The predicted octanol–water partition coefficient (Wildman–Crippen LogP) is 17.2. The molecule has 0 aromatic heterocycles. The fourth-order valence-electron chi connectivity index (χ4n) is 14.5. The first-order valence-electron chi connectivity index (χ1n) is 23.8. The van der Waals surface area contributed by atoms with Crippen LogP contribution in [0.15, 0.2) is 109 Å². The number of hydrogen-bond acceptors (Lipinski definition) is 0. The number of halogens is 2. The average molecular weight is 941 g/mol. The van der Waals surface area contributed by atoms with Crippen molar-refractivity contribution in [2.75, 3.05) is 0 Å². The number of benzene rings is 4. The van der Waals surface area contributed by atoms with E-state index in [2.05, 4.69) is 143 Å². The van der Waals surface area contributed by atoms with Crippen LogP contribution in [0.25, 0.3) is 43.8 Å². The van der Waals surface area contributed by atoms with E-state index in [0.29, 0.717) is 16.7 Å². The first kappa shape index (κ1) is 44.0. The fraction of sp³-hybridized carbons (Fsp3) is 0.474. The van der Waals surface area contributed by atoms with Crippen LogP contribution in [0.2, 0.25) is 13.1 Å². The van der Waals surface area contributed by atoms with Crippen LogP contribution < -0.4 is 0 Å². The Morgan fingerprint density at radius 2 is 0.934 bits per heavy atom. The van der Waals surface area contributed by atoms with Gasteiger partial charge >= 0.3 is 37.9 Å². The minimum absolute atomic E-state index is 0.504. The van der Waals surface area contributed by atoms with E-state index in [4.69, 9.17) is 17.0 Å². The zero-order valence-electron chi connectivity index (χ0n) is 37.4. The minimum atomic E-state index is -0.826. The van der Waals surface area contributed by atoms with E-state index < -0.39 is 20.8 Å². The molecule has 0 aliphatic heterocycles. The zero-order chi connectivity index (χ0) is 42.3. The molecule has 14 rings (SSSR count). The van der Waals surface area contributed by atoms with Crippen molar-refractivity contribution < 1.29 is 20.8 Å². The quantitative estimate of drug-likeness (QED) is 0.115. The van der Waals surface area contributed by atoms with Crippen molar-refractivity contribution in [3.8, 4) is 22.3 Å². The van der Waals surface area contributed by atoms with Crippen LogP contribution >= 0.6 is 17.0 Å². The summed E-state index contributed by atoms with van der Waals surface area (Å²) in [6.45, 7) is 11.1. The van der Waals surface area contributed by atoms with Crippen molar-refractivity contribution in [3.63, 3.8) is 0 Å². The van der Waals surface area contributed by atoms with Gasteiger partial charge in [0, 0.05) is 9.52 Å². The molecule has 2 radical (unpaired) electrons. The third kappa shape index (κ3) is 8.94. The summed E-state index contributed by atoms with van der Waals surface area (Å²) < 4.78 is 0. The molecule has 8 fully saturated rings. The molecule has 8 aliphatic carbocycles. The predicted molar refractivity (Wildman–Crippen MR) is 262 cm³/mol. The van der Waals surface area contributed by atoms with Crippen molar-refractivity contribution in [1.29, 1.82) is 0 Å². The van der Waals surface area contributed by atoms with Gasteiger partial charge in [-0.15, -0.1) is 69.1 Å². The van der Waals surface area contributed by atoms with Gasteiger partial charge in [0.1, 0.15) is 0 Å². The summed E-state index contributed by atoms with van der Waals surface area (Å²) in [5.41, 5.74) is 12.7. The Labute approximate surface area is 389 Å². The van der Waals surface area contributed by atoms with E-state index in [0.717, 1.165) is 51.4 Å². The molecule has 0 unspecified atom stereocenters. The molecule has 61 heavy (non-hydrogen) atoms. The Bertz CT molecular complexity index is 2320. The Morgan fingerprint density at radius 1 is 0.574 bits per heavy atom. The molecule has 0 nitrogen and oxygen atoms in total. The molecule has 0 heterocycles. The monoisotopic (exact) mass is 938 g/mol. The van der Waals surface area contributed by atoms with E-state index in [1.54, 1.807) is 11.1 Å². The van der Waals surface area contributed by atoms with Crippen LogP contribution in [0, 0.1) is 35.5 Å². The van der Waals surface area contributed by atoms with Gasteiger partial charge < -0.3 is 0 Å². The first-order valence-corrected chi connectivity index (χ1v) is 32.1. The molecular weight excluding hydrogens is 875 g/mol. The molecule has 0 amide bonds. The van der Waals surface area contributed by atoms with Gasteiger partial charge in [-0.1, -0.05) is 106 Å². The van der Waals surface area contributed by atoms with Gasteiger partial charge in [-0.3, -0.25) is 0 Å². The van der Waals surface area contributed by atoms with Crippen LogP contribution in [0.5, 0.6) is 0 Å². The molecule has 6 aromatic rings. The molecule has 8 bridgehead atoms. The second-order valence-corrected chi connectivity index (χ2v) is 25.6. The second kappa shape index (κ2) is 18.7. The summed E-state index contributed by atoms with van der Waals surface area (Å²) in [6, 6.07) is 42.6. The van der Waals surface area contributed by atoms with Gasteiger partial charge in [0.25, 0.3) is 0 Å². The van der Waals surface area contributed by atoms with Crippen LogP contribution in [-0.4, -0.2) is 9.52 Å². The van der Waals surface area contributed by atoms with Crippen LogP contribution in [0.4, 0.5) is 0 Å². The summed E-state index contributed by atoms with van der Waals surface area (Å²) in [4.78, 5) is 0. The normalized spacial score (nSPS) is 28.8. The molecule has 316 valence electrons. The van der Waals surface area contributed by atoms with Gasteiger partial charge in [0.2, 0.25) is 0 Å². The molecule has 0 saturated heterocycles. The third-order valence-electron chi connectivity index (χ3n) is 16.4. The standard InChI is InChI=1S/C28H31.C27H29.C2H6Si.2ClH.Zr/c1-18(2)24-13-23-4-3-5-26(27(23)14-24)22-6-8-25(9-7-22)28-15-19-10-20(16-28)12-21(11-19)17-28;1-2-18-13-23-4-3-5-25(26(23)14-18)22-6-8-24(9-7-22)27-15-19-10-20(16-27)12-21(11-19)17-27;1-3-2;;;/h3-9,13-14,18-21H,10-12,15-17H2,1-2H3;3-9,13-14,19-21H,2,10-12,15-17H2,1H3;1-2H3;2*1H;/q2*-1;;;;+4/p-2. The number of rotatable bonds is 6. The Hall–Kier alpha value is -2.22. The molecule has 0 N–H and O–H groups in total. The van der Waals surface area contributed by atoms with Gasteiger partial charge in [-0.2, -0.15) is 12.1 Å². The maximum atomic E-state index is 4.93. The van der Waals surface area contributed by atoms with E-state index in [1.165, 1.54) is 132 Å². The summed E-state index contributed by atoms with van der Waals surface area (Å²) >= 11 is -0.826. The van der Waals surface area contributed by atoms with Crippen molar-refractivity contribution in [3.05, 3.63) is 131 Å². The van der Waals surface area contributed by atoms with E-state index in [1.807, 2.05) is 0 Å². The van der Waals surface area contributed by atoms with Crippen LogP contribution in [0.3, 0.4) is 0 Å². The third-order valence-corrected chi connectivity index (χ3v) is 16.4. The van der Waals surface area contributed by atoms with Gasteiger partial charge in [-0.25, -0.2) is 0 Å². The molecule has 6 aromatic carbocycles. The van der Waals surface area contributed by atoms with Gasteiger partial charge in [-0.05, 0) is 158 Å². The van der Waals surface area contributed by atoms with Gasteiger partial charge in [0.15, 0.2) is 0 Å². The Morgan fingerprint density at radius 3 is 1.30 bits per heavy atom. The second-order valence-electron chi connectivity index (χ2n) is 20.9. The SMILES string of the molecule is CC(C)c1cc2c(-c3ccc(C45CC6CC(CC(C6)C4)C5)cc3)cccc2[cH-]1.CCc1cc2c(-c3ccc(C45CC6CC(CC(C6)C4)C5)cc3)cccc2[cH-]1.C[Si]C.[Cl][Zr+2][Cl]. The van der Waals surface area contributed by atoms with Crippen molar-refractivity contribution in [2.45, 2.75) is 134 Å². The Balaban J connectivity index is 0.000000139. The molecule has 8 saturated carbocycles. The summed E-state index contributed by atoms with van der Waals surface area (Å²) in [5.74, 6) is 6.67. The topological polar surface area (TPSA) is 0 Å². The first-order chi connectivity index (χ1) is 29.6. The maximum absolute atomic E-state index is 4.93. The van der Waals surface area contributed by atoms with E-state index in [9.17, 15) is 0 Å². The average Bonchev–Trinajstić information content (AvgIpc) is 3.89. The fourth-order valence-corrected chi connectivity index (χ4v) is 14.5. The molecule has 4 heteroatoms. The number of fused-ring (bicyclic) bond motifs is 2. The molecular formula is C57H66Cl2SiZr. The molecule has 0 atom stereocenters. The van der Waals surface area contributed by atoms with E-state index >= 15 is 0 Å². The molecule has 8 aliphatic rings. The number of hydrogen-bond donors (Lipinski definition) is 0. The summed E-state index contributed by atoms with van der Waals surface area (Å²) in [5, 5.41) is 5.59.